The standard InChI is InChI=1S/C13H18O4S/c1-4-18(15,16)12-7-5-11(6-8-12)9-13(14)17-10(2)3/h5-8,10H,4,9H2,1-3H3. The molecule has 0 spiro atoms. The van der Waals surface area contributed by atoms with Crippen LogP contribution in [0.15, 0.2) is 29.2 Å². The Morgan fingerprint density at radius 3 is 2.22 bits per heavy atom. The summed E-state index contributed by atoms with van der Waals surface area (Å²) in [6.45, 7) is 5.17. The molecule has 0 aliphatic carbocycles. The van der Waals surface area contributed by atoms with Crippen molar-refractivity contribution in [2.24, 2.45) is 0 Å². The molecule has 0 unspecified atom stereocenters. The summed E-state index contributed by atoms with van der Waals surface area (Å²) in [7, 11) is -3.18. The number of rotatable bonds is 5. The summed E-state index contributed by atoms with van der Waals surface area (Å²) < 4.78 is 28.2. The minimum absolute atomic E-state index is 0.0712. The molecule has 0 heterocycles. The number of ether oxygens (including phenoxy) is 1. The van der Waals surface area contributed by atoms with Gasteiger partial charge in [-0.05, 0) is 31.5 Å². The van der Waals surface area contributed by atoms with E-state index < -0.39 is 9.84 Å². The largest absolute Gasteiger partial charge is 0.463 e. The first-order valence-electron chi connectivity index (χ1n) is 5.86. The fourth-order valence-electron chi connectivity index (χ4n) is 1.45. The molecule has 0 amide bonds. The molecule has 0 atom stereocenters. The van der Waals surface area contributed by atoms with E-state index in [1.165, 1.54) is 12.1 Å². The zero-order chi connectivity index (χ0) is 13.8. The number of carbonyl (C=O) groups is 1. The molecule has 1 rings (SSSR count). The van der Waals surface area contributed by atoms with Gasteiger partial charge < -0.3 is 4.74 Å². The summed E-state index contributed by atoms with van der Waals surface area (Å²) in [5.41, 5.74) is 0.746. The van der Waals surface area contributed by atoms with Crippen molar-refractivity contribution < 1.29 is 17.9 Å². The van der Waals surface area contributed by atoms with Crippen LogP contribution in [0.25, 0.3) is 0 Å². The second kappa shape index (κ2) is 6.00. The van der Waals surface area contributed by atoms with Crippen LogP contribution in [0.4, 0.5) is 0 Å². The van der Waals surface area contributed by atoms with Crippen LogP contribution in [0.1, 0.15) is 26.3 Å². The Bertz CT molecular complexity index is 500. The average Bonchev–Trinajstić information content (AvgIpc) is 2.28. The van der Waals surface area contributed by atoms with Gasteiger partial charge in [0.05, 0.1) is 23.2 Å². The monoisotopic (exact) mass is 270 g/mol. The maximum Gasteiger partial charge on any atom is 0.310 e. The van der Waals surface area contributed by atoms with Crippen LogP contribution in [0.5, 0.6) is 0 Å². The van der Waals surface area contributed by atoms with E-state index in [2.05, 4.69) is 0 Å². The fraction of sp³-hybridized carbons (Fsp3) is 0.462. The molecule has 0 radical (unpaired) electrons. The van der Waals surface area contributed by atoms with Crippen LogP contribution in [0.3, 0.4) is 0 Å². The van der Waals surface area contributed by atoms with Gasteiger partial charge in [-0.1, -0.05) is 19.1 Å². The number of hydrogen-bond acceptors (Lipinski definition) is 4. The Morgan fingerprint density at radius 1 is 1.22 bits per heavy atom. The van der Waals surface area contributed by atoms with Gasteiger partial charge in [0, 0.05) is 0 Å². The normalized spacial score (nSPS) is 11.6. The Balaban J connectivity index is 2.75. The third-order valence-corrected chi connectivity index (χ3v) is 4.13. The molecular formula is C13H18O4S. The number of hydrogen-bond donors (Lipinski definition) is 0. The van der Waals surface area contributed by atoms with Crippen molar-refractivity contribution in [2.45, 2.75) is 38.2 Å². The summed E-state index contributed by atoms with van der Waals surface area (Å²) in [5, 5.41) is 0. The maximum absolute atomic E-state index is 11.6. The second-order valence-corrected chi connectivity index (χ2v) is 6.54. The van der Waals surface area contributed by atoms with Gasteiger partial charge in [0.1, 0.15) is 0 Å². The van der Waals surface area contributed by atoms with E-state index in [4.69, 9.17) is 4.74 Å². The molecular weight excluding hydrogens is 252 g/mol. The minimum atomic E-state index is -3.18. The summed E-state index contributed by atoms with van der Waals surface area (Å²) in [4.78, 5) is 11.7. The lowest BCUT2D eigenvalue weighted by molar-refractivity contribution is -0.146. The number of sulfone groups is 1. The summed E-state index contributed by atoms with van der Waals surface area (Å²) in [6, 6.07) is 6.34. The first-order chi connectivity index (χ1) is 8.35. The van der Waals surface area contributed by atoms with Gasteiger partial charge in [0.2, 0.25) is 0 Å². The van der Waals surface area contributed by atoms with Gasteiger partial charge in [0.25, 0.3) is 0 Å². The molecule has 0 saturated carbocycles. The van der Waals surface area contributed by atoms with Gasteiger partial charge in [-0.15, -0.1) is 0 Å². The van der Waals surface area contributed by atoms with E-state index in [1.54, 1.807) is 32.9 Å². The topological polar surface area (TPSA) is 60.4 Å². The lowest BCUT2D eigenvalue weighted by atomic mass is 10.1. The van der Waals surface area contributed by atoms with Gasteiger partial charge in [-0.2, -0.15) is 0 Å². The highest BCUT2D eigenvalue weighted by molar-refractivity contribution is 7.91. The van der Waals surface area contributed by atoms with E-state index >= 15 is 0 Å². The molecule has 0 aromatic heterocycles. The van der Waals surface area contributed by atoms with Crippen molar-refractivity contribution in [2.75, 3.05) is 5.75 Å². The number of benzene rings is 1. The molecule has 1 aromatic carbocycles. The molecule has 0 aliphatic rings. The van der Waals surface area contributed by atoms with Gasteiger partial charge >= 0.3 is 5.97 Å². The van der Waals surface area contributed by atoms with Gasteiger partial charge in [0.15, 0.2) is 9.84 Å². The summed E-state index contributed by atoms with van der Waals surface area (Å²) >= 11 is 0. The molecule has 4 nitrogen and oxygen atoms in total. The molecule has 0 saturated heterocycles. The molecule has 0 fully saturated rings. The van der Waals surface area contributed by atoms with Gasteiger partial charge in [-0.3, -0.25) is 4.79 Å². The highest BCUT2D eigenvalue weighted by atomic mass is 32.2. The number of carbonyl (C=O) groups excluding carboxylic acids is 1. The Kier molecular flexibility index (Phi) is 4.90. The summed E-state index contributed by atoms with van der Waals surface area (Å²) in [5.74, 6) is -0.238. The van der Waals surface area contributed by atoms with Crippen molar-refractivity contribution in [3.8, 4) is 0 Å². The van der Waals surface area contributed by atoms with E-state index in [0.717, 1.165) is 5.56 Å². The molecule has 0 bridgehead atoms. The first-order valence-corrected chi connectivity index (χ1v) is 7.51. The zero-order valence-corrected chi connectivity index (χ0v) is 11.7. The third-order valence-electron chi connectivity index (χ3n) is 2.38. The van der Waals surface area contributed by atoms with E-state index in [1.807, 2.05) is 0 Å². The van der Waals surface area contributed by atoms with Crippen LogP contribution in [0.2, 0.25) is 0 Å². The Hall–Kier alpha value is -1.36. The van der Waals surface area contributed by atoms with E-state index in [0.29, 0.717) is 0 Å². The SMILES string of the molecule is CCS(=O)(=O)c1ccc(CC(=O)OC(C)C)cc1. The van der Waals surface area contributed by atoms with Crippen molar-refractivity contribution >= 4 is 15.8 Å². The summed E-state index contributed by atoms with van der Waals surface area (Å²) in [6.07, 6.45) is 0.0159. The van der Waals surface area contributed by atoms with Crippen LogP contribution >= 0.6 is 0 Å². The average molecular weight is 270 g/mol. The highest BCUT2D eigenvalue weighted by Gasteiger charge is 2.12. The predicted molar refractivity (Wildman–Crippen MR) is 69.1 cm³/mol. The zero-order valence-electron chi connectivity index (χ0n) is 10.8. The van der Waals surface area contributed by atoms with Crippen molar-refractivity contribution in [3.05, 3.63) is 29.8 Å². The second-order valence-electron chi connectivity index (χ2n) is 4.26. The van der Waals surface area contributed by atoms with Crippen LogP contribution in [0, 0.1) is 0 Å². The van der Waals surface area contributed by atoms with E-state index in [9.17, 15) is 13.2 Å². The van der Waals surface area contributed by atoms with Crippen LogP contribution < -0.4 is 0 Å². The Morgan fingerprint density at radius 2 is 1.78 bits per heavy atom. The molecule has 1 aromatic rings. The van der Waals surface area contributed by atoms with Gasteiger partial charge in [-0.25, -0.2) is 8.42 Å². The fourth-order valence-corrected chi connectivity index (χ4v) is 2.34. The molecule has 100 valence electrons. The first kappa shape index (κ1) is 14.7. The lowest BCUT2D eigenvalue weighted by Crippen LogP contribution is -2.13. The number of esters is 1. The van der Waals surface area contributed by atoms with Crippen LogP contribution in [-0.2, 0) is 25.8 Å². The van der Waals surface area contributed by atoms with Crippen LogP contribution in [-0.4, -0.2) is 26.2 Å². The maximum atomic E-state index is 11.6. The van der Waals surface area contributed by atoms with Crippen molar-refractivity contribution in [1.82, 2.24) is 0 Å². The van der Waals surface area contributed by atoms with Crippen molar-refractivity contribution in [1.29, 1.82) is 0 Å². The highest BCUT2D eigenvalue weighted by Crippen LogP contribution is 2.13. The van der Waals surface area contributed by atoms with E-state index in [-0.39, 0.29) is 29.1 Å². The Labute approximate surface area is 108 Å². The lowest BCUT2D eigenvalue weighted by Gasteiger charge is -2.08. The molecule has 0 aliphatic heterocycles. The molecule has 18 heavy (non-hydrogen) atoms. The quantitative estimate of drug-likeness (QED) is 0.768. The third kappa shape index (κ3) is 4.14. The molecule has 0 N–H and O–H groups in total. The molecule has 5 heteroatoms. The predicted octanol–water partition coefficient (Wildman–Crippen LogP) is 1.97. The minimum Gasteiger partial charge on any atom is -0.463 e. The van der Waals surface area contributed by atoms with Crippen molar-refractivity contribution in [3.63, 3.8) is 0 Å². The smallest absolute Gasteiger partial charge is 0.310 e.